The lowest BCUT2D eigenvalue weighted by Crippen LogP contribution is -2.23. The Balaban J connectivity index is 1.61. The van der Waals surface area contributed by atoms with E-state index in [4.69, 9.17) is 16.3 Å². The molecule has 0 saturated carbocycles. The van der Waals surface area contributed by atoms with Crippen molar-refractivity contribution in [2.24, 2.45) is 0 Å². The van der Waals surface area contributed by atoms with Crippen molar-refractivity contribution in [3.05, 3.63) is 64.0 Å². The van der Waals surface area contributed by atoms with E-state index in [9.17, 15) is 26.7 Å². The number of ether oxygens (including phenoxy) is 1. The molecule has 4 rings (SSSR count). The maximum atomic E-state index is 13.5. The van der Waals surface area contributed by atoms with Gasteiger partial charge in [-0.3, -0.25) is 4.72 Å². The third-order valence-corrected chi connectivity index (χ3v) is 8.77. The summed E-state index contributed by atoms with van der Waals surface area (Å²) in [5.41, 5.74) is 0.819. The van der Waals surface area contributed by atoms with Crippen LogP contribution >= 0.6 is 22.9 Å². The predicted octanol–water partition coefficient (Wildman–Crippen LogP) is 5.46. The Morgan fingerprint density at radius 3 is 2.51 bits per heavy atom. The number of anilines is 1. The number of likely N-dealkylation sites (tertiary alicyclic amines) is 1. The van der Waals surface area contributed by atoms with Crippen molar-refractivity contribution in [3.63, 3.8) is 0 Å². The molecule has 3 aromatic rings. The average Bonchev–Trinajstić information content (AvgIpc) is 3.38. The maximum absolute atomic E-state index is 13.5. The van der Waals surface area contributed by atoms with Crippen molar-refractivity contribution in [2.75, 3.05) is 24.9 Å². The first-order valence-corrected chi connectivity index (χ1v) is 13.2. The van der Waals surface area contributed by atoms with E-state index < -0.39 is 33.6 Å². The van der Waals surface area contributed by atoms with Crippen LogP contribution in [0.5, 0.6) is 5.75 Å². The molecular weight excluding hydrogens is 525 g/mol. The van der Waals surface area contributed by atoms with Crippen LogP contribution < -0.4 is 9.46 Å². The number of thiophene rings is 1. The number of hydrogen-bond donors (Lipinski definition) is 2. The average molecular weight is 547 g/mol. The monoisotopic (exact) mass is 546 g/mol. The van der Waals surface area contributed by atoms with Crippen LogP contribution in [0.1, 0.15) is 17.5 Å². The van der Waals surface area contributed by atoms with Gasteiger partial charge in [0, 0.05) is 24.7 Å². The third kappa shape index (κ3) is 5.92. The number of benzene rings is 2. The molecule has 0 amide bonds. The van der Waals surface area contributed by atoms with E-state index in [0.717, 1.165) is 29.5 Å². The first-order valence-electron chi connectivity index (χ1n) is 10.5. The standard InChI is InChI=1S/C23H22ClF3N2O4S2/c1-29-9-8-17(12-29)33-20-10-16(6-7-19(20)23(25,26)27)28-35(31,32)21-11-18(22(24)34-21)15-4-2-14(13-30)3-5-15/h2-7,10-11,17,28,30H,8-9,12-13H2,1H3. The van der Waals surface area contributed by atoms with Gasteiger partial charge >= 0.3 is 6.18 Å². The highest BCUT2D eigenvalue weighted by atomic mass is 35.5. The topological polar surface area (TPSA) is 78.9 Å². The molecule has 1 aliphatic heterocycles. The van der Waals surface area contributed by atoms with E-state index in [0.29, 0.717) is 36.2 Å². The van der Waals surface area contributed by atoms with Crippen LogP contribution in [-0.4, -0.2) is 44.7 Å². The summed E-state index contributed by atoms with van der Waals surface area (Å²) < 4.78 is 74.7. The van der Waals surface area contributed by atoms with Crippen molar-refractivity contribution < 1.29 is 31.4 Å². The number of aliphatic hydroxyl groups excluding tert-OH is 1. The van der Waals surface area contributed by atoms with Crippen LogP contribution in [0.2, 0.25) is 4.34 Å². The van der Waals surface area contributed by atoms with Gasteiger partial charge in [-0.05, 0) is 42.8 Å². The number of nitrogens with zero attached hydrogens (tertiary/aromatic N) is 1. The van der Waals surface area contributed by atoms with Gasteiger partial charge in [0.15, 0.2) is 0 Å². The number of alkyl halides is 3. The summed E-state index contributed by atoms with van der Waals surface area (Å²) in [5, 5.41) is 9.19. The van der Waals surface area contributed by atoms with Crippen molar-refractivity contribution in [1.82, 2.24) is 4.90 Å². The van der Waals surface area contributed by atoms with Gasteiger partial charge < -0.3 is 14.7 Å². The maximum Gasteiger partial charge on any atom is 0.419 e. The zero-order chi connectivity index (χ0) is 25.4. The van der Waals surface area contributed by atoms with Crippen LogP contribution in [0.4, 0.5) is 18.9 Å². The molecular formula is C23H22ClF3N2O4S2. The van der Waals surface area contributed by atoms with E-state index >= 15 is 0 Å². The van der Waals surface area contributed by atoms with E-state index in [1.54, 1.807) is 24.3 Å². The summed E-state index contributed by atoms with van der Waals surface area (Å²) in [6.45, 7) is 1.04. The Morgan fingerprint density at radius 2 is 1.91 bits per heavy atom. The summed E-state index contributed by atoms with van der Waals surface area (Å²) in [6.07, 6.45) is -4.51. The summed E-state index contributed by atoms with van der Waals surface area (Å²) in [4.78, 5) is 1.94. The summed E-state index contributed by atoms with van der Waals surface area (Å²) in [7, 11) is -2.29. The Hall–Kier alpha value is -2.31. The minimum atomic E-state index is -4.65. The SMILES string of the molecule is CN1CCC(Oc2cc(NS(=O)(=O)c3cc(-c4ccc(CO)cc4)c(Cl)s3)ccc2C(F)(F)F)C1. The zero-order valence-corrected chi connectivity index (χ0v) is 20.9. The predicted molar refractivity (Wildman–Crippen MR) is 129 cm³/mol. The van der Waals surface area contributed by atoms with Gasteiger partial charge in [-0.1, -0.05) is 35.9 Å². The largest absolute Gasteiger partial charge is 0.488 e. The van der Waals surface area contributed by atoms with Crippen molar-refractivity contribution in [2.45, 2.75) is 29.5 Å². The molecule has 1 saturated heterocycles. The number of sulfonamides is 1. The second kappa shape index (κ2) is 9.98. The van der Waals surface area contributed by atoms with Crippen LogP contribution in [0.15, 0.2) is 52.7 Å². The Bertz CT molecular complexity index is 1310. The van der Waals surface area contributed by atoms with Gasteiger partial charge in [-0.15, -0.1) is 11.3 Å². The normalized spacial score (nSPS) is 17.0. The third-order valence-electron chi connectivity index (χ3n) is 5.56. The Labute approximate surface area is 210 Å². The van der Waals surface area contributed by atoms with Crippen LogP contribution in [0.3, 0.4) is 0 Å². The number of hydrogen-bond acceptors (Lipinski definition) is 6. The minimum Gasteiger partial charge on any atom is -0.488 e. The highest BCUT2D eigenvalue weighted by molar-refractivity contribution is 7.94. The molecule has 0 bridgehead atoms. The Morgan fingerprint density at radius 1 is 1.20 bits per heavy atom. The minimum absolute atomic E-state index is 0.0577. The molecule has 12 heteroatoms. The van der Waals surface area contributed by atoms with Crippen LogP contribution in [-0.2, 0) is 22.8 Å². The molecule has 2 heterocycles. The molecule has 0 spiro atoms. The van der Waals surface area contributed by atoms with Gasteiger partial charge in [0.2, 0.25) is 0 Å². The molecule has 0 radical (unpaired) electrons. The van der Waals surface area contributed by atoms with Gasteiger partial charge in [-0.25, -0.2) is 8.42 Å². The summed E-state index contributed by atoms with van der Waals surface area (Å²) in [6, 6.07) is 11.1. The zero-order valence-electron chi connectivity index (χ0n) is 18.5. The molecule has 1 aromatic heterocycles. The lowest BCUT2D eigenvalue weighted by atomic mass is 10.1. The van der Waals surface area contributed by atoms with Crippen LogP contribution in [0.25, 0.3) is 11.1 Å². The van der Waals surface area contributed by atoms with Crippen molar-refractivity contribution >= 4 is 38.6 Å². The smallest absolute Gasteiger partial charge is 0.419 e. The molecule has 1 aliphatic rings. The molecule has 0 aliphatic carbocycles. The molecule has 35 heavy (non-hydrogen) atoms. The van der Waals surface area contributed by atoms with E-state index in [1.165, 1.54) is 6.07 Å². The highest BCUT2D eigenvalue weighted by Crippen LogP contribution is 2.41. The quantitative estimate of drug-likeness (QED) is 0.411. The first kappa shape index (κ1) is 25.8. The first-order chi connectivity index (χ1) is 16.5. The molecule has 6 nitrogen and oxygen atoms in total. The van der Waals surface area contributed by atoms with E-state index in [-0.39, 0.29) is 20.8 Å². The number of nitrogens with one attached hydrogen (secondary N) is 1. The molecule has 2 N–H and O–H groups in total. The number of aliphatic hydroxyl groups is 1. The van der Waals surface area contributed by atoms with Gasteiger partial charge in [0.25, 0.3) is 10.0 Å². The second-order valence-corrected chi connectivity index (χ2v) is 11.8. The highest BCUT2D eigenvalue weighted by Gasteiger charge is 2.36. The number of halogens is 4. The summed E-state index contributed by atoms with van der Waals surface area (Å²) >= 11 is 7.13. The number of rotatable bonds is 7. The van der Waals surface area contributed by atoms with Crippen molar-refractivity contribution in [3.8, 4) is 16.9 Å². The fraction of sp³-hybridized carbons (Fsp3) is 0.304. The van der Waals surface area contributed by atoms with Crippen LogP contribution in [0, 0.1) is 0 Å². The lowest BCUT2D eigenvalue weighted by molar-refractivity contribution is -0.139. The van der Waals surface area contributed by atoms with Gasteiger partial charge in [0.05, 0.1) is 17.9 Å². The molecule has 1 fully saturated rings. The molecule has 1 unspecified atom stereocenters. The molecule has 1 atom stereocenters. The molecule has 188 valence electrons. The van der Waals surface area contributed by atoms with E-state index in [1.807, 2.05) is 11.9 Å². The second-order valence-electron chi connectivity index (χ2n) is 8.21. The van der Waals surface area contributed by atoms with Crippen molar-refractivity contribution in [1.29, 1.82) is 0 Å². The van der Waals surface area contributed by atoms with Gasteiger partial charge in [-0.2, -0.15) is 13.2 Å². The fourth-order valence-corrected chi connectivity index (χ4v) is 6.57. The molecule has 2 aromatic carbocycles. The van der Waals surface area contributed by atoms with E-state index in [2.05, 4.69) is 4.72 Å². The Kier molecular flexibility index (Phi) is 7.35. The fourth-order valence-electron chi connectivity index (χ4n) is 3.76. The summed E-state index contributed by atoms with van der Waals surface area (Å²) in [5.74, 6) is -0.424. The lowest BCUT2D eigenvalue weighted by Gasteiger charge is -2.19. The number of likely N-dealkylation sites (N-methyl/N-ethyl adjacent to an activating group) is 1. The van der Waals surface area contributed by atoms with Gasteiger partial charge in [0.1, 0.15) is 20.4 Å².